The first-order chi connectivity index (χ1) is 14.6. The van der Waals surface area contributed by atoms with Crippen LogP contribution in [-0.4, -0.2) is 16.7 Å². The summed E-state index contributed by atoms with van der Waals surface area (Å²) in [5, 5.41) is 9.01. The number of carbonyl (C=O) groups is 1. The molecule has 1 atom stereocenters. The van der Waals surface area contributed by atoms with Crippen molar-refractivity contribution < 1.29 is 14.6 Å². The number of benzene rings is 1. The molecule has 206 valence electrons. The molecule has 0 radical (unpaired) electrons. The molecule has 0 aromatic heterocycles. The molecule has 4 saturated carbocycles. The van der Waals surface area contributed by atoms with Crippen molar-refractivity contribution in [3.63, 3.8) is 0 Å². The second kappa shape index (κ2) is 14.3. The Bertz CT molecular complexity index is 706. The molecule has 0 heterocycles. The van der Waals surface area contributed by atoms with E-state index < -0.39 is 0 Å². The maximum atomic E-state index is 12.6. The molecule has 1 unspecified atom stereocenters. The van der Waals surface area contributed by atoms with Gasteiger partial charge in [-0.3, -0.25) is 4.79 Å². The Kier molecular flexibility index (Phi) is 14.6. The van der Waals surface area contributed by atoms with Crippen molar-refractivity contribution >= 4 is 5.97 Å². The average Bonchev–Trinajstić information content (AvgIpc) is 2.76. The van der Waals surface area contributed by atoms with Crippen molar-refractivity contribution in [1.29, 1.82) is 0 Å². The fraction of sp³-hybridized carbons (Fsp3) is 0.781. The fourth-order valence-electron chi connectivity index (χ4n) is 6.29. The van der Waals surface area contributed by atoms with Crippen molar-refractivity contribution in [2.24, 2.45) is 29.1 Å². The van der Waals surface area contributed by atoms with E-state index >= 15 is 0 Å². The summed E-state index contributed by atoms with van der Waals surface area (Å²) in [5.41, 5.74) is 0.832. The van der Waals surface area contributed by atoms with Crippen LogP contribution in [0.15, 0.2) is 24.3 Å². The lowest BCUT2D eigenvalue weighted by atomic mass is 9.49. The highest BCUT2D eigenvalue weighted by Gasteiger charge is 2.59. The lowest BCUT2D eigenvalue weighted by Gasteiger charge is -2.60. The summed E-state index contributed by atoms with van der Waals surface area (Å²) >= 11 is 0. The van der Waals surface area contributed by atoms with Crippen LogP contribution in [0.2, 0.25) is 0 Å². The molecule has 35 heavy (non-hydrogen) atoms. The highest BCUT2D eigenvalue weighted by atomic mass is 16.6. The molecule has 0 amide bonds. The summed E-state index contributed by atoms with van der Waals surface area (Å²) in [4.78, 5) is 12.6. The summed E-state index contributed by atoms with van der Waals surface area (Å²) in [6.45, 7) is 12.7. The third kappa shape index (κ3) is 7.49. The maximum absolute atomic E-state index is 12.6. The number of phenolic OH excluding ortho intramolecular Hbond substituents is 1. The van der Waals surface area contributed by atoms with Gasteiger partial charge in [-0.2, -0.15) is 0 Å². The number of esters is 1. The molecule has 3 heteroatoms. The molecule has 1 aromatic rings. The molecule has 0 spiro atoms. The van der Waals surface area contributed by atoms with E-state index in [2.05, 4.69) is 27.7 Å². The highest BCUT2D eigenvalue weighted by Crippen LogP contribution is 2.61. The van der Waals surface area contributed by atoms with Gasteiger partial charge in [-0.15, -0.1) is 0 Å². The smallest absolute Gasteiger partial charge is 0.312 e. The molecular formula is C32H60O3. The third-order valence-electron chi connectivity index (χ3n) is 8.87. The number of hydrogen-bond donors (Lipinski definition) is 1. The Hall–Kier alpha value is -1.51. The molecule has 4 fully saturated rings. The van der Waals surface area contributed by atoms with Crippen LogP contribution in [0.1, 0.15) is 134 Å². The normalized spacial score (nSPS) is 28.5. The van der Waals surface area contributed by atoms with Gasteiger partial charge in [-0.1, -0.05) is 69.5 Å². The maximum Gasteiger partial charge on any atom is 0.312 e. The van der Waals surface area contributed by atoms with Gasteiger partial charge in [-0.25, -0.2) is 0 Å². The Morgan fingerprint density at radius 3 is 1.77 bits per heavy atom. The first kappa shape index (κ1) is 35.7. The number of aromatic hydroxyl groups is 1. The van der Waals surface area contributed by atoms with Crippen molar-refractivity contribution in [1.82, 2.24) is 0 Å². The number of hydrogen-bond acceptors (Lipinski definition) is 3. The predicted molar refractivity (Wildman–Crippen MR) is 154 cm³/mol. The first-order valence-electron chi connectivity index (χ1n) is 12.7. The zero-order valence-electron chi connectivity index (χ0n) is 20.6. The van der Waals surface area contributed by atoms with Gasteiger partial charge in [0.25, 0.3) is 0 Å². The second-order valence-electron chi connectivity index (χ2n) is 11.1. The van der Waals surface area contributed by atoms with Crippen LogP contribution >= 0.6 is 0 Å². The average molecular weight is 493 g/mol. The van der Waals surface area contributed by atoms with E-state index in [9.17, 15) is 4.79 Å². The summed E-state index contributed by atoms with van der Waals surface area (Å²) in [7, 11) is 0. The molecule has 3 nitrogen and oxygen atoms in total. The van der Waals surface area contributed by atoms with Gasteiger partial charge in [0.2, 0.25) is 0 Å². The van der Waals surface area contributed by atoms with E-state index in [0.29, 0.717) is 23.5 Å². The van der Waals surface area contributed by atoms with E-state index in [4.69, 9.17) is 9.84 Å². The van der Waals surface area contributed by atoms with Crippen molar-refractivity contribution in [2.75, 3.05) is 0 Å². The van der Waals surface area contributed by atoms with E-state index in [1.165, 1.54) is 37.7 Å². The van der Waals surface area contributed by atoms with Crippen molar-refractivity contribution in [3.8, 4) is 5.75 Å². The van der Waals surface area contributed by atoms with Crippen molar-refractivity contribution in [3.05, 3.63) is 29.8 Å². The van der Waals surface area contributed by atoms with Gasteiger partial charge in [0, 0.05) is 0 Å². The SMILES string of the molecule is C.C.C.C.CCC(C)(C)C(=O)OC1(CC)C2CC3CC(C2)CC1C3.CCC(C)c1ccc(O)cc1. The second-order valence-corrected chi connectivity index (χ2v) is 11.1. The van der Waals surface area contributed by atoms with E-state index in [1.807, 2.05) is 26.0 Å². The molecule has 4 bridgehead atoms. The summed E-state index contributed by atoms with van der Waals surface area (Å²) < 4.78 is 6.28. The lowest BCUT2D eigenvalue weighted by molar-refractivity contribution is -0.218. The highest BCUT2D eigenvalue weighted by molar-refractivity contribution is 5.76. The van der Waals surface area contributed by atoms with Gasteiger partial charge in [-0.05, 0) is 112 Å². The van der Waals surface area contributed by atoms with Crippen LogP contribution in [0.4, 0.5) is 0 Å². The van der Waals surface area contributed by atoms with Crippen molar-refractivity contribution in [2.45, 2.75) is 134 Å². The molecular weight excluding hydrogens is 432 g/mol. The Labute approximate surface area is 219 Å². The van der Waals surface area contributed by atoms with Crippen LogP contribution in [0.3, 0.4) is 0 Å². The van der Waals surface area contributed by atoms with E-state index in [0.717, 1.165) is 31.1 Å². The molecule has 1 N–H and O–H groups in total. The number of ether oxygens (including phenoxy) is 1. The van der Waals surface area contributed by atoms with Crippen LogP contribution < -0.4 is 0 Å². The first-order valence-corrected chi connectivity index (χ1v) is 12.7. The minimum atomic E-state index is -0.336. The summed E-state index contributed by atoms with van der Waals surface area (Å²) in [5.74, 6) is 4.10. The standard InChI is InChI=1S/C18H30O2.C10H14O.4CH4/c1-5-17(3,4)16(19)20-18(6-2)14-8-12-7-13(10-14)11-15(18)9-12;1-3-8(2)9-4-6-10(11)7-5-9;;;;/h12-15H,5-11H2,1-4H3;4-8,11H,3H2,1-2H3;4*1H4. The number of phenols is 1. The fourth-order valence-corrected chi connectivity index (χ4v) is 6.29. The van der Waals surface area contributed by atoms with Gasteiger partial charge in [0.15, 0.2) is 0 Å². The minimum Gasteiger partial charge on any atom is -0.508 e. The van der Waals surface area contributed by atoms with Crippen LogP contribution in [0.5, 0.6) is 5.75 Å². The van der Waals surface area contributed by atoms with Gasteiger partial charge < -0.3 is 9.84 Å². The van der Waals surface area contributed by atoms with E-state index in [-0.39, 0.29) is 46.7 Å². The predicted octanol–water partition coefficient (Wildman–Crippen LogP) is 10.0. The minimum absolute atomic E-state index is 0. The van der Waals surface area contributed by atoms with Crippen LogP contribution in [0.25, 0.3) is 0 Å². The molecule has 0 saturated heterocycles. The van der Waals surface area contributed by atoms with Gasteiger partial charge in [0.05, 0.1) is 5.41 Å². The molecule has 5 rings (SSSR count). The van der Waals surface area contributed by atoms with Gasteiger partial charge in [0.1, 0.15) is 11.4 Å². The zero-order chi connectivity index (χ0) is 22.8. The number of rotatable bonds is 6. The largest absolute Gasteiger partial charge is 0.508 e. The quantitative estimate of drug-likeness (QED) is 0.402. The topological polar surface area (TPSA) is 46.5 Å². The van der Waals surface area contributed by atoms with Crippen LogP contribution in [0, 0.1) is 29.1 Å². The molecule has 4 aliphatic rings. The monoisotopic (exact) mass is 492 g/mol. The Balaban J connectivity index is 0. The lowest BCUT2D eigenvalue weighted by Crippen LogP contribution is -2.60. The summed E-state index contributed by atoms with van der Waals surface area (Å²) in [6.07, 6.45) is 9.67. The van der Waals surface area contributed by atoms with Crippen LogP contribution in [-0.2, 0) is 9.53 Å². The Morgan fingerprint density at radius 1 is 0.943 bits per heavy atom. The third-order valence-corrected chi connectivity index (χ3v) is 8.87. The van der Waals surface area contributed by atoms with Gasteiger partial charge >= 0.3 is 5.97 Å². The molecule has 0 aliphatic heterocycles. The number of carbonyl (C=O) groups excluding carboxylic acids is 1. The van der Waals surface area contributed by atoms with E-state index in [1.54, 1.807) is 12.1 Å². The molecule has 1 aromatic carbocycles. The molecule has 4 aliphatic carbocycles. The summed E-state index contributed by atoms with van der Waals surface area (Å²) in [6, 6.07) is 7.43. The Morgan fingerprint density at radius 2 is 1.40 bits per heavy atom. The zero-order valence-corrected chi connectivity index (χ0v) is 20.6.